The summed E-state index contributed by atoms with van der Waals surface area (Å²) >= 11 is 0. The largest absolute Gasteiger partial charge is 0.383 e. The van der Waals surface area contributed by atoms with Gasteiger partial charge in [-0.1, -0.05) is 32.1 Å². The number of likely N-dealkylation sites (N-methyl/N-ethyl adjacent to an activating group) is 1. The van der Waals surface area contributed by atoms with E-state index in [0.29, 0.717) is 19.6 Å². The predicted molar refractivity (Wildman–Crippen MR) is 65.3 cm³/mol. The van der Waals surface area contributed by atoms with E-state index in [2.05, 4.69) is 0 Å². The molecule has 0 radical (unpaired) electrons. The summed E-state index contributed by atoms with van der Waals surface area (Å²) in [5, 5.41) is 0. The van der Waals surface area contributed by atoms with E-state index >= 15 is 0 Å². The van der Waals surface area contributed by atoms with Crippen LogP contribution in [0.1, 0.15) is 44.9 Å². The molecule has 16 heavy (non-hydrogen) atoms. The van der Waals surface area contributed by atoms with Crippen molar-refractivity contribution >= 4 is 5.91 Å². The van der Waals surface area contributed by atoms with Crippen LogP contribution in [-0.2, 0) is 9.53 Å². The van der Waals surface area contributed by atoms with Crippen LogP contribution in [0.15, 0.2) is 0 Å². The summed E-state index contributed by atoms with van der Waals surface area (Å²) in [5.41, 5.74) is 0. The van der Waals surface area contributed by atoms with Crippen LogP contribution in [0.25, 0.3) is 0 Å². The van der Waals surface area contributed by atoms with Crippen molar-refractivity contribution in [2.45, 2.75) is 44.9 Å². The molecule has 94 valence electrons. The van der Waals surface area contributed by atoms with Gasteiger partial charge in [-0.15, -0.1) is 0 Å². The Morgan fingerprint density at radius 2 is 2.00 bits per heavy atom. The summed E-state index contributed by atoms with van der Waals surface area (Å²) in [6, 6.07) is 0. The van der Waals surface area contributed by atoms with Crippen LogP contribution >= 0.6 is 0 Å². The minimum atomic E-state index is 0.266. The molecule has 1 aliphatic rings. The van der Waals surface area contributed by atoms with E-state index in [1.165, 1.54) is 32.1 Å². The minimum absolute atomic E-state index is 0.266. The highest BCUT2D eigenvalue weighted by molar-refractivity contribution is 5.75. The quantitative estimate of drug-likeness (QED) is 0.697. The normalized spacial score (nSPS) is 17.4. The molecule has 0 saturated heterocycles. The van der Waals surface area contributed by atoms with Crippen molar-refractivity contribution in [3.63, 3.8) is 0 Å². The predicted octanol–water partition coefficient (Wildman–Crippen LogP) is 2.45. The maximum atomic E-state index is 11.8. The van der Waals surface area contributed by atoms with E-state index in [4.69, 9.17) is 4.74 Å². The average molecular weight is 227 g/mol. The molecule has 1 saturated carbocycles. The first kappa shape index (κ1) is 13.5. The van der Waals surface area contributed by atoms with Gasteiger partial charge in [0.2, 0.25) is 5.91 Å². The van der Waals surface area contributed by atoms with E-state index in [-0.39, 0.29) is 5.91 Å². The lowest BCUT2D eigenvalue weighted by Gasteiger charge is -2.22. The third-order valence-electron chi connectivity index (χ3n) is 3.55. The molecular formula is C13H25NO2. The van der Waals surface area contributed by atoms with Gasteiger partial charge in [-0.2, -0.15) is 0 Å². The van der Waals surface area contributed by atoms with Crippen molar-refractivity contribution in [3.05, 3.63) is 0 Å². The zero-order valence-corrected chi connectivity index (χ0v) is 10.7. The van der Waals surface area contributed by atoms with Crippen LogP contribution < -0.4 is 0 Å². The van der Waals surface area contributed by atoms with Crippen molar-refractivity contribution < 1.29 is 9.53 Å². The number of hydrogen-bond acceptors (Lipinski definition) is 2. The van der Waals surface area contributed by atoms with E-state index in [9.17, 15) is 4.79 Å². The van der Waals surface area contributed by atoms with Gasteiger partial charge in [0.05, 0.1) is 6.61 Å². The highest BCUT2D eigenvalue weighted by Crippen LogP contribution is 2.27. The summed E-state index contributed by atoms with van der Waals surface area (Å²) in [6.45, 7) is 1.34. The number of nitrogens with zero attached hydrogens (tertiary/aromatic N) is 1. The fourth-order valence-electron chi connectivity index (χ4n) is 2.35. The van der Waals surface area contributed by atoms with Crippen molar-refractivity contribution in [2.24, 2.45) is 5.92 Å². The van der Waals surface area contributed by atoms with Crippen molar-refractivity contribution in [3.8, 4) is 0 Å². The van der Waals surface area contributed by atoms with Gasteiger partial charge in [0.15, 0.2) is 0 Å². The molecule has 0 aliphatic heterocycles. The van der Waals surface area contributed by atoms with Gasteiger partial charge in [-0.25, -0.2) is 0 Å². The molecule has 1 amide bonds. The Kier molecular flexibility index (Phi) is 6.46. The second-order valence-electron chi connectivity index (χ2n) is 4.85. The van der Waals surface area contributed by atoms with Gasteiger partial charge in [-0.05, 0) is 12.3 Å². The first-order valence-corrected chi connectivity index (χ1v) is 6.47. The number of carbonyl (C=O) groups excluding carboxylic acids is 1. The third kappa shape index (κ3) is 4.97. The molecule has 1 aliphatic carbocycles. The lowest BCUT2D eigenvalue weighted by atomic mass is 9.86. The Bertz CT molecular complexity index is 200. The first-order valence-electron chi connectivity index (χ1n) is 6.47. The Morgan fingerprint density at radius 1 is 1.31 bits per heavy atom. The van der Waals surface area contributed by atoms with Gasteiger partial charge in [-0.3, -0.25) is 4.79 Å². The number of amides is 1. The summed E-state index contributed by atoms with van der Waals surface area (Å²) in [4.78, 5) is 13.5. The third-order valence-corrected chi connectivity index (χ3v) is 3.55. The number of ether oxygens (including phenoxy) is 1. The Labute approximate surface area is 99.1 Å². The van der Waals surface area contributed by atoms with Crippen LogP contribution in [0, 0.1) is 5.92 Å². The second kappa shape index (κ2) is 7.66. The molecule has 0 N–H and O–H groups in total. The lowest BCUT2D eigenvalue weighted by Crippen LogP contribution is -2.30. The van der Waals surface area contributed by atoms with Crippen LogP contribution in [0.4, 0.5) is 0 Å². The van der Waals surface area contributed by atoms with E-state index in [0.717, 1.165) is 12.3 Å². The molecule has 0 atom stereocenters. The summed E-state index contributed by atoms with van der Waals surface area (Å²) in [5.74, 6) is 1.07. The van der Waals surface area contributed by atoms with Crippen LogP contribution in [0.5, 0.6) is 0 Å². The molecule has 0 bridgehead atoms. The molecule has 1 rings (SSSR count). The first-order chi connectivity index (χ1) is 7.74. The van der Waals surface area contributed by atoms with Gasteiger partial charge in [0.1, 0.15) is 0 Å². The molecule has 0 aromatic rings. The van der Waals surface area contributed by atoms with Gasteiger partial charge in [0.25, 0.3) is 0 Å². The van der Waals surface area contributed by atoms with Crippen LogP contribution in [-0.4, -0.2) is 38.1 Å². The van der Waals surface area contributed by atoms with Crippen molar-refractivity contribution in [1.29, 1.82) is 0 Å². The molecule has 3 nitrogen and oxygen atoms in total. The molecular weight excluding hydrogens is 202 g/mol. The van der Waals surface area contributed by atoms with Crippen molar-refractivity contribution in [2.75, 3.05) is 27.3 Å². The summed E-state index contributed by atoms with van der Waals surface area (Å²) in [6.07, 6.45) is 8.56. The smallest absolute Gasteiger partial charge is 0.222 e. The highest BCUT2D eigenvalue weighted by Gasteiger charge is 2.16. The number of hydrogen-bond donors (Lipinski definition) is 0. The number of methoxy groups -OCH3 is 1. The Hall–Kier alpha value is -0.570. The Morgan fingerprint density at radius 3 is 2.62 bits per heavy atom. The van der Waals surface area contributed by atoms with Gasteiger partial charge < -0.3 is 9.64 Å². The van der Waals surface area contributed by atoms with E-state index in [1.54, 1.807) is 12.0 Å². The molecule has 0 aromatic heterocycles. The van der Waals surface area contributed by atoms with Gasteiger partial charge in [0, 0.05) is 27.1 Å². The number of rotatable bonds is 6. The van der Waals surface area contributed by atoms with E-state index in [1.807, 2.05) is 7.05 Å². The monoisotopic (exact) mass is 227 g/mol. The van der Waals surface area contributed by atoms with Crippen LogP contribution in [0.3, 0.4) is 0 Å². The lowest BCUT2D eigenvalue weighted by molar-refractivity contribution is -0.130. The van der Waals surface area contributed by atoms with E-state index < -0.39 is 0 Å². The minimum Gasteiger partial charge on any atom is -0.383 e. The molecule has 0 unspecified atom stereocenters. The van der Waals surface area contributed by atoms with Crippen LogP contribution in [0.2, 0.25) is 0 Å². The average Bonchev–Trinajstić information content (AvgIpc) is 2.34. The SMILES string of the molecule is COCCN(C)C(=O)CCC1CCCCC1. The second-order valence-corrected chi connectivity index (χ2v) is 4.85. The highest BCUT2D eigenvalue weighted by atomic mass is 16.5. The Balaban J connectivity index is 2.12. The maximum Gasteiger partial charge on any atom is 0.222 e. The molecule has 0 heterocycles. The van der Waals surface area contributed by atoms with Crippen molar-refractivity contribution in [1.82, 2.24) is 4.90 Å². The standard InChI is InChI=1S/C13H25NO2/c1-14(10-11-16-2)13(15)9-8-12-6-4-3-5-7-12/h12H,3-11H2,1-2H3. The molecule has 0 aromatic carbocycles. The topological polar surface area (TPSA) is 29.5 Å². The number of carbonyl (C=O) groups is 1. The molecule has 3 heteroatoms. The fraction of sp³-hybridized carbons (Fsp3) is 0.923. The zero-order valence-electron chi connectivity index (χ0n) is 10.7. The maximum absolute atomic E-state index is 11.8. The fourth-order valence-corrected chi connectivity index (χ4v) is 2.35. The molecule has 1 fully saturated rings. The van der Waals surface area contributed by atoms with Gasteiger partial charge >= 0.3 is 0 Å². The zero-order chi connectivity index (χ0) is 11.8. The molecule has 0 spiro atoms. The summed E-state index contributed by atoms with van der Waals surface area (Å²) < 4.78 is 4.96. The summed E-state index contributed by atoms with van der Waals surface area (Å²) in [7, 11) is 3.53.